The zero-order chi connectivity index (χ0) is 16.2. The van der Waals surface area contributed by atoms with Crippen LogP contribution in [0.1, 0.15) is 37.6 Å². The standard InChI is InChI=1S/C16H19N5OS/c1-3-4-5-14(22)17-10-12-6-8-13(9-7-12)15-20-21-11(2)18-19-16(21)23-15/h6-9H,3-5,10H2,1-2H3,(H,17,22). The van der Waals surface area contributed by atoms with Crippen molar-refractivity contribution < 1.29 is 4.79 Å². The van der Waals surface area contributed by atoms with E-state index in [2.05, 4.69) is 27.5 Å². The van der Waals surface area contributed by atoms with Crippen molar-refractivity contribution in [2.24, 2.45) is 0 Å². The number of carbonyl (C=O) groups is 1. The van der Waals surface area contributed by atoms with Crippen LogP contribution in [0.3, 0.4) is 0 Å². The van der Waals surface area contributed by atoms with Crippen molar-refractivity contribution in [3.8, 4) is 10.6 Å². The van der Waals surface area contributed by atoms with E-state index in [4.69, 9.17) is 0 Å². The Morgan fingerprint density at radius 1 is 1.26 bits per heavy atom. The molecule has 6 nitrogen and oxygen atoms in total. The summed E-state index contributed by atoms with van der Waals surface area (Å²) in [6.07, 6.45) is 2.57. The highest BCUT2D eigenvalue weighted by Gasteiger charge is 2.10. The molecule has 0 atom stereocenters. The van der Waals surface area contributed by atoms with E-state index in [9.17, 15) is 4.79 Å². The molecule has 0 radical (unpaired) electrons. The van der Waals surface area contributed by atoms with Crippen LogP contribution in [0.4, 0.5) is 0 Å². The van der Waals surface area contributed by atoms with Gasteiger partial charge in [-0.2, -0.15) is 9.61 Å². The lowest BCUT2D eigenvalue weighted by molar-refractivity contribution is -0.121. The highest BCUT2D eigenvalue weighted by atomic mass is 32.1. The third-order valence-electron chi connectivity index (χ3n) is 3.59. The largest absolute Gasteiger partial charge is 0.352 e. The Balaban J connectivity index is 1.65. The number of aromatic nitrogens is 4. The van der Waals surface area contributed by atoms with Gasteiger partial charge < -0.3 is 5.32 Å². The molecule has 0 aliphatic rings. The summed E-state index contributed by atoms with van der Waals surface area (Å²) in [5.74, 6) is 0.897. The van der Waals surface area contributed by atoms with Gasteiger partial charge in [-0.3, -0.25) is 4.79 Å². The molecule has 0 saturated carbocycles. The van der Waals surface area contributed by atoms with E-state index < -0.39 is 0 Å². The van der Waals surface area contributed by atoms with E-state index in [-0.39, 0.29) is 5.91 Å². The number of hydrogen-bond donors (Lipinski definition) is 1. The minimum atomic E-state index is 0.111. The lowest BCUT2D eigenvalue weighted by atomic mass is 10.1. The molecule has 2 aromatic heterocycles. The van der Waals surface area contributed by atoms with Crippen LogP contribution >= 0.6 is 11.3 Å². The van der Waals surface area contributed by atoms with Gasteiger partial charge >= 0.3 is 0 Å². The predicted molar refractivity (Wildman–Crippen MR) is 90.2 cm³/mol. The minimum Gasteiger partial charge on any atom is -0.352 e. The second-order valence-corrected chi connectivity index (χ2v) is 6.38. The molecule has 0 bridgehead atoms. The molecular weight excluding hydrogens is 310 g/mol. The zero-order valence-corrected chi connectivity index (χ0v) is 14.1. The van der Waals surface area contributed by atoms with Gasteiger partial charge in [0.15, 0.2) is 5.82 Å². The highest BCUT2D eigenvalue weighted by molar-refractivity contribution is 7.19. The first-order chi connectivity index (χ1) is 11.2. The van der Waals surface area contributed by atoms with E-state index in [0.717, 1.165) is 39.8 Å². The van der Waals surface area contributed by atoms with E-state index in [1.165, 1.54) is 11.3 Å². The Morgan fingerprint density at radius 2 is 2.04 bits per heavy atom. The highest BCUT2D eigenvalue weighted by Crippen LogP contribution is 2.25. The van der Waals surface area contributed by atoms with Crippen molar-refractivity contribution in [1.29, 1.82) is 0 Å². The number of nitrogens with one attached hydrogen (secondary N) is 1. The van der Waals surface area contributed by atoms with E-state index in [1.807, 2.05) is 31.2 Å². The Labute approximate surface area is 138 Å². The first-order valence-corrected chi connectivity index (χ1v) is 8.54. The normalized spacial score (nSPS) is 11.0. The lowest BCUT2D eigenvalue weighted by Crippen LogP contribution is -2.22. The Morgan fingerprint density at radius 3 is 2.74 bits per heavy atom. The molecule has 1 aromatic carbocycles. The maximum Gasteiger partial charge on any atom is 0.234 e. The van der Waals surface area contributed by atoms with Gasteiger partial charge in [0, 0.05) is 18.5 Å². The van der Waals surface area contributed by atoms with Crippen molar-refractivity contribution in [1.82, 2.24) is 25.1 Å². The van der Waals surface area contributed by atoms with Crippen molar-refractivity contribution in [3.63, 3.8) is 0 Å². The molecule has 0 aliphatic heterocycles. The van der Waals surface area contributed by atoms with Crippen LogP contribution < -0.4 is 5.32 Å². The van der Waals surface area contributed by atoms with E-state index >= 15 is 0 Å². The predicted octanol–water partition coefficient (Wildman–Crippen LogP) is 2.97. The maximum atomic E-state index is 11.6. The molecular formula is C16H19N5OS. The Kier molecular flexibility index (Phi) is 4.66. The van der Waals surface area contributed by atoms with Crippen LogP contribution in [0.2, 0.25) is 0 Å². The van der Waals surface area contributed by atoms with Gasteiger partial charge in [0.2, 0.25) is 10.9 Å². The first kappa shape index (κ1) is 15.6. The van der Waals surface area contributed by atoms with E-state index in [0.29, 0.717) is 13.0 Å². The second-order valence-electron chi connectivity index (χ2n) is 5.43. The zero-order valence-electron chi connectivity index (χ0n) is 13.2. The van der Waals surface area contributed by atoms with Gasteiger partial charge in [-0.25, -0.2) is 0 Å². The first-order valence-electron chi connectivity index (χ1n) is 7.72. The molecule has 3 aromatic rings. The molecule has 0 saturated heterocycles. The summed E-state index contributed by atoms with van der Waals surface area (Å²) in [6.45, 7) is 4.53. The minimum absolute atomic E-state index is 0.111. The third kappa shape index (κ3) is 3.56. The molecule has 0 spiro atoms. The van der Waals surface area contributed by atoms with Crippen molar-refractivity contribution in [3.05, 3.63) is 35.7 Å². The average molecular weight is 329 g/mol. The summed E-state index contributed by atoms with van der Waals surface area (Å²) in [4.78, 5) is 12.4. The molecule has 120 valence electrons. The SMILES string of the molecule is CCCCC(=O)NCc1ccc(-c2nn3c(C)nnc3s2)cc1. The van der Waals surface area contributed by atoms with Crippen LogP contribution in [-0.4, -0.2) is 25.7 Å². The number of unbranched alkanes of at least 4 members (excludes halogenated alkanes) is 1. The summed E-state index contributed by atoms with van der Waals surface area (Å²) >= 11 is 1.51. The van der Waals surface area contributed by atoms with Crippen LogP contribution in [0, 0.1) is 6.92 Å². The number of hydrogen-bond acceptors (Lipinski definition) is 5. The molecule has 0 unspecified atom stereocenters. The molecule has 23 heavy (non-hydrogen) atoms. The fourth-order valence-corrected chi connectivity index (χ4v) is 3.11. The van der Waals surface area contributed by atoms with Gasteiger partial charge in [-0.1, -0.05) is 48.9 Å². The van der Waals surface area contributed by atoms with Crippen LogP contribution in [0.25, 0.3) is 15.5 Å². The number of amides is 1. The lowest BCUT2D eigenvalue weighted by Gasteiger charge is -2.05. The molecule has 3 rings (SSSR count). The number of rotatable bonds is 6. The smallest absolute Gasteiger partial charge is 0.234 e. The van der Waals surface area contributed by atoms with Crippen molar-refractivity contribution in [2.75, 3.05) is 0 Å². The number of nitrogens with zero attached hydrogens (tertiary/aromatic N) is 4. The van der Waals surface area contributed by atoms with Crippen LogP contribution in [-0.2, 0) is 11.3 Å². The number of benzene rings is 1. The monoisotopic (exact) mass is 329 g/mol. The van der Waals surface area contributed by atoms with Crippen molar-refractivity contribution in [2.45, 2.75) is 39.7 Å². The van der Waals surface area contributed by atoms with Gasteiger partial charge in [0.1, 0.15) is 5.01 Å². The van der Waals surface area contributed by atoms with Gasteiger partial charge in [-0.15, -0.1) is 10.2 Å². The summed E-state index contributed by atoms with van der Waals surface area (Å²) in [6, 6.07) is 8.08. The number of carbonyl (C=O) groups excluding carboxylic acids is 1. The maximum absolute atomic E-state index is 11.6. The number of fused-ring (bicyclic) bond motifs is 1. The fourth-order valence-electron chi connectivity index (χ4n) is 2.22. The van der Waals surface area contributed by atoms with Crippen LogP contribution in [0.5, 0.6) is 0 Å². The van der Waals surface area contributed by atoms with Gasteiger partial charge in [0.25, 0.3) is 0 Å². The molecule has 0 aliphatic carbocycles. The van der Waals surface area contributed by atoms with E-state index in [1.54, 1.807) is 4.52 Å². The molecule has 7 heteroatoms. The summed E-state index contributed by atoms with van der Waals surface area (Å²) in [5, 5.41) is 16.4. The summed E-state index contributed by atoms with van der Waals surface area (Å²) in [5.41, 5.74) is 2.12. The van der Waals surface area contributed by atoms with Crippen molar-refractivity contribution >= 4 is 22.2 Å². The molecule has 0 fully saturated rings. The summed E-state index contributed by atoms with van der Waals surface area (Å²) in [7, 11) is 0. The Bertz CT molecular complexity index is 806. The second kappa shape index (κ2) is 6.87. The van der Waals surface area contributed by atoms with Gasteiger partial charge in [0.05, 0.1) is 0 Å². The third-order valence-corrected chi connectivity index (χ3v) is 4.54. The fraction of sp³-hybridized carbons (Fsp3) is 0.375. The molecule has 2 heterocycles. The molecule has 1 N–H and O–H groups in total. The molecule has 1 amide bonds. The number of aryl methyl sites for hydroxylation is 1. The van der Waals surface area contributed by atoms with Gasteiger partial charge in [-0.05, 0) is 18.9 Å². The Hall–Kier alpha value is -2.28. The van der Waals surface area contributed by atoms with Crippen LogP contribution in [0.15, 0.2) is 24.3 Å². The topological polar surface area (TPSA) is 72.2 Å². The quantitative estimate of drug-likeness (QED) is 0.754. The average Bonchev–Trinajstić information content (AvgIpc) is 3.14. The summed E-state index contributed by atoms with van der Waals surface area (Å²) < 4.78 is 1.75.